The number of piperazine rings is 1. The van der Waals surface area contributed by atoms with Crippen molar-refractivity contribution in [3.63, 3.8) is 0 Å². The zero-order valence-electron chi connectivity index (χ0n) is 13.1. The Morgan fingerprint density at radius 1 is 1.11 bits per heavy atom. The lowest BCUT2D eigenvalue weighted by atomic mass is 9.76. The Kier molecular flexibility index (Phi) is 5.67. The predicted octanol–water partition coefficient (Wildman–Crippen LogP) is 2.17. The normalized spacial score (nSPS) is 36.3. The minimum absolute atomic E-state index is 0.414. The fourth-order valence-corrected chi connectivity index (χ4v) is 3.89. The van der Waals surface area contributed by atoms with Crippen LogP contribution in [0.4, 0.5) is 0 Å². The summed E-state index contributed by atoms with van der Waals surface area (Å²) in [7, 11) is 4.50. The molecule has 2 unspecified atom stereocenters. The van der Waals surface area contributed by atoms with Gasteiger partial charge in [0.15, 0.2) is 0 Å². The molecule has 19 heavy (non-hydrogen) atoms. The molecule has 0 amide bonds. The Hall–Kier alpha value is -0.120. The highest BCUT2D eigenvalue weighted by Gasteiger charge is 2.29. The summed E-state index contributed by atoms with van der Waals surface area (Å²) in [6.07, 6.45) is 8.10. The summed E-state index contributed by atoms with van der Waals surface area (Å²) in [4.78, 5) is 4.96. The van der Waals surface area contributed by atoms with E-state index in [0.717, 1.165) is 11.8 Å². The van der Waals surface area contributed by atoms with E-state index in [-0.39, 0.29) is 0 Å². The van der Waals surface area contributed by atoms with Crippen LogP contribution >= 0.6 is 0 Å². The molecule has 2 rings (SSSR count). The summed E-state index contributed by atoms with van der Waals surface area (Å²) < 4.78 is 0. The van der Waals surface area contributed by atoms with Crippen molar-refractivity contribution in [2.24, 2.45) is 17.6 Å². The third-order valence-electron chi connectivity index (χ3n) is 5.60. The molecular weight excluding hydrogens is 234 g/mol. The minimum Gasteiger partial charge on any atom is -0.327 e. The van der Waals surface area contributed by atoms with Crippen LogP contribution in [-0.2, 0) is 0 Å². The lowest BCUT2D eigenvalue weighted by Gasteiger charge is -2.40. The first kappa shape index (κ1) is 15.3. The summed E-state index contributed by atoms with van der Waals surface area (Å²) in [5.74, 6) is 1.76. The molecule has 3 nitrogen and oxygen atoms in total. The SMILES string of the molecule is CCC1CCC(C(N)CC2CN(C)CCN2C)CC1. The Bertz CT molecular complexity index is 261. The molecule has 2 fully saturated rings. The molecule has 0 spiro atoms. The number of hydrogen-bond acceptors (Lipinski definition) is 3. The number of hydrogen-bond donors (Lipinski definition) is 1. The first-order valence-corrected chi connectivity index (χ1v) is 8.24. The van der Waals surface area contributed by atoms with Gasteiger partial charge in [0.1, 0.15) is 0 Å². The smallest absolute Gasteiger partial charge is 0.0235 e. The van der Waals surface area contributed by atoms with Crippen LogP contribution < -0.4 is 5.73 Å². The van der Waals surface area contributed by atoms with Crippen LogP contribution in [0.25, 0.3) is 0 Å². The minimum atomic E-state index is 0.414. The van der Waals surface area contributed by atoms with Crippen molar-refractivity contribution in [3.05, 3.63) is 0 Å². The van der Waals surface area contributed by atoms with E-state index in [1.165, 1.54) is 58.2 Å². The van der Waals surface area contributed by atoms with Gasteiger partial charge in [0.05, 0.1) is 0 Å². The molecule has 3 heteroatoms. The van der Waals surface area contributed by atoms with Crippen LogP contribution in [0.15, 0.2) is 0 Å². The molecule has 0 aromatic heterocycles. The van der Waals surface area contributed by atoms with Gasteiger partial charge in [0.25, 0.3) is 0 Å². The lowest BCUT2D eigenvalue weighted by molar-refractivity contribution is 0.0942. The largest absolute Gasteiger partial charge is 0.327 e. The van der Waals surface area contributed by atoms with E-state index in [1.807, 2.05) is 0 Å². The van der Waals surface area contributed by atoms with Crippen LogP contribution in [0.1, 0.15) is 45.4 Å². The molecule has 1 saturated carbocycles. The Balaban J connectivity index is 1.78. The molecule has 1 aliphatic carbocycles. The van der Waals surface area contributed by atoms with Gasteiger partial charge in [-0.05, 0) is 45.2 Å². The fraction of sp³-hybridized carbons (Fsp3) is 1.00. The zero-order valence-corrected chi connectivity index (χ0v) is 13.1. The van der Waals surface area contributed by atoms with Gasteiger partial charge < -0.3 is 15.5 Å². The third-order valence-corrected chi connectivity index (χ3v) is 5.60. The van der Waals surface area contributed by atoms with Gasteiger partial charge in [-0.15, -0.1) is 0 Å². The highest BCUT2D eigenvalue weighted by Crippen LogP contribution is 2.33. The van der Waals surface area contributed by atoms with E-state index in [9.17, 15) is 0 Å². The average molecular weight is 267 g/mol. The summed E-state index contributed by atoms with van der Waals surface area (Å²) >= 11 is 0. The van der Waals surface area contributed by atoms with E-state index in [2.05, 4.69) is 30.8 Å². The topological polar surface area (TPSA) is 32.5 Å². The second-order valence-corrected chi connectivity index (χ2v) is 6.99. The van der Waals surface area contributed by atoms with E-state index in [0.29, 0.717) is 12.1 Å². The second-order valence-electron chi connectivity index (χ2n) is 6.99. The van der Waals surface area contributed by atoms with E-state index in [1.54, 1.807) is 0 Å². The van der Waals surface area contributed by atoms with Gasteiger partial charge in [-0.25, -0.2) is 0 Å². The van der Waals surface area contributed by atoms with Crippen molar-refractivity contribution >= 4 is 0 Å². The van der Waals surface area contributed by atoms with E-state index < -0.39 is 0 Å². The molecule has 112 valence electrons. The van der Waals surface area contributed by atoms with E-state index in [4.69, 9.17) is 5.73 Å². The highest BCUT2D eigenvalue weighted by molar-refractivity contribution is 4.86. The molecule has 2 aliphatic rings. The van der Waals surface area contributed by atoms with Crippen molar-refractivity contribution in [1.82, 2.24) is 9.80 Å². The number of rotatable bonds is 4. The summed E-state index contributed by atoms with van der Waals surface area (Å²) in [6, 6.07) is 1.08. The molecule has 1 aliphatic heterocycles. The molecule has 0 aromatic rings. The first-order chi connectivity index (χ1) is 9.10. The Morgan fingerprint density at radius 3 is 2.42 bits per heavy atom. The molecule has 0 radical (unpaired) electrons. The number of nitrogens with two attached hydrogens (primary N) is 1. The summed E-state index contributed by atoms with van der Waals surface area (Å²) in [6.45, 7) is 5.91. The lowest BCUT2D eigenvalue weighted by Crippen LogP contribution is -2.52. The second kappa shape index (κ2) is 7.05. The van der Waals surface area contributed by atoms with Gasteiger partial charge in [0, 0.05) is 31.7 Å². The molecule has 2 N–H and O–H groups in total. The quantitative estimate of drug-likeness (QED) is 0.847. The Labute approximate surface area is 119 Å². The molecule has 1 saturated heterocycles. The molecule has 1 heterocycles. The fourth-order valence-electron chi connectivity index (χ4n) is 3.89. The van der Waals surface area contributed by atoms with Gasteiger partial charge in [0.2, 0.25) is 0 Å². The van der Waals surface area contributed by atoms with Crippen molar-refractivity contribution < 1.29 is 0 Å². The van der Waals surface area contributed by atoms with Gasteiger partial charge >= 0.3 is 0 Å². The number of nitrogens with zero attached hydrogens (tertiary/aromatic N) is 2. The molecule has 0 aromatic carbocycles. The molecule has 0 bridgehead atoms. The van der Waals surface area contributed by atoms with Gasteiger partial charge in [-0.2, -0.15) is 0 Å². The first-order valence-electron chi connectivity index (χ1n) is 8.24. The molecular formula is C16H33N3. The third kappa shape index (κ3) is 4.17. The standard InChI is InChI=1S/C16H33N3/c1-4-13-5-7-14(8-6-13)16(17)11-15-12-18(2)9-10-19(15)3/h13-16H,4-12,17H2,1-3H3. The number of likely N-dealkylation sites (N-methyl/N-ethyl adjacent to an activating group) is 2. The average Bonchev–Trinajstić information content (AvgIpc) is 2.43. The maximum atomic E-state index is 6.53. The maximum Gasteiger partial charge on any atom is 0.0235 e. The van der Waals surface area contributed by atoms with Crippen molar-refractivity contribution in [1.29, 1.82) is 0 Å². The van der Waals surface area contributed by atoms with E-state index >= 15 is 0 Å². The predicted molar refractivity (Wildman–Crippen MR) is 82.2 cm³/mol. The van der Waals surface area contributed by atoms with Crippen molar-refractivity contribution in [3.8, 4) is 0 Å². The van der Waals surface area contributed by atoms with Gasteiger partial charge in [-0.3, -0.25) is 0 Å². The van der Waals surface area contributed by atoms with Crippen LogP contribution in [0, 0.1) is 11.8 Å². The summed E-state index contributed by atoms with van der Waals surface area (Å²) in [5, 5.41) is 0. The van der Waals surface area contributed by atoms with Crippen LogP contribution in [0.5, 0.6) is 0 Å². The zero-order chi connectivity index (χ0) is 13.8. The molecule has 2 atom stereocenters. The summed E-state index contributed by atoms with van der Waals surface area (Å²) in [5.41, 5.74) is 6.53. The van der Waals surface area contributed by atoms with Crippen LogP contribution in [0.2, 0.25) is 0 Å². The Morgan fingerprint density at radius 2 is 1.79 bits per heavy atom. The van der Waals surface area contributed by atoms with Gasteiger partial charge in [-0.1, -0.05) is 26.2 Å². The van der Waals surface area contributed by atoms with Crippen LogP contribution in [-0.4, -0.2) is 55.6 Å². The van der Waals surface area contributed by atoms with Crippen molar-refractivity contribution in [2.45, 2.75) is 57.5 Å². The maximum absolute atomic E-state index is 6.53. The monoisotopic (exact) mass is 267 g/mol. The highest BCUT2D eigenvalue weighted by atomic mass is 15.3. The van der Waals surface area contributed by atoms with Crippen LogP contribution in [0.3, 0.4) is 0 Å². The van der Waals surface area contributed by atoms with Crippen molar-refractivity contribution in [2.75, 3.05) is 33.7 Å².